The maximum absolute atomic E-state index is 5.66. The van der Waals surface area contributed by atoms with E-state index in [0.29, 0.717) is 11.5 Å². The molecule has 1 aliphatic rings. The third-order valence-corrected chi connectivity index (χ3v) is 3.13. The summed E-state index contributed by atoms with van der Waals surface area (Å²) in [6.07, 6.45) is 1.59. The first-order valence-electron chi connectivity index (χ1n) is 6.33. The summed E-state index contributed by atoms with van der Waals surface area (Å²) in [5.74, 6) is 0.932. The van der Waals surface area contributed by atoms with Crippen LogP contribution in [-0.2, 0) is 4.74 Å². The van der Waals surface area contributed by atoms with E-state index in [1.807, 2.05) is 0 Å². The van der Waals surface area contributed by atoms with E-state index in [4.69, 9.17) is 10.5 Å². The molecule has 102 valence electrons. The standard InChI is InChI=1S/C11H17N7O/c12-11-16-9(8-10(17-11)15-7-14-8)13-1-2-18-3-5-19-6-4-18/h7H,1-6H2,(H4,12,13,14,15,16,17). The highest BCUT2D eigenvalue weighted by Gasteiger charge is 2.11. The van der Waals surface area contributed by atoms with E-state index in [0.717, 1.165) is 44.9 Å². The summed E-state index contributed by atoms with van der Waals surface area (Å²) >= 11 is 0. The number of nitrogen functional groups attached to an aromatic ring is 1. The Labute approximate surface area is 110 Å². The molecule has 3 rings (SSSR count). The summed E-state index contributed by atoms with van der Waals surface area (Å²) in [7, 11) is 0. The highest BCUT2D eigenvalue weighted by atomic mass is 16.5. The normalized spacial score (nSPS) is 16.8. The molecule has 0 saturated carbocycles. The predicted octanol–water partition coefficient (Wildman–Crippen LogP) is -0.321. The molecule has 0 unspecified atom stereocenters. The van der Waals surface area contributed by atoms with Crippen LogP contribution in [0.1, 0.15) is 0 Å². The summed E-state index contributed by atoms with van der Waals surface area (Å²) in [5.41, 5.74) is 7.03. The van der Waals surface area contributed by atoms with E-state index >= 15 is 0 Å². The number of H-pyrrole nitrogens is 1. The van der Waals surface area contributed by atoms with Gasteiger partial charge >= 0.3 is 0 Å². The van der Waals surface area contributed by atoms with Gasteiger partial charge in [0.15, 0.2) is 11.5 Å². The second-order valence-corrected chi connectivity index (χ2v) is 4.41. The molecule has 19 heavy (non-hydrogen) atoms. The van der Waals surface area contributed by atoms with E-state index in [1.165, 1.54) is 0 Å². The lowest BCUT2D eigenvalue weighted by Gasteiger charge is -2.26. The summed E-state index contributed by atoms with van der Waals surface area (Å²) < 4.78 is 5.31. The van der Waals surface area contributed by atoms with Crippen molar-refractivity contribution in [1.29, 1.82) is 0 Å². The molecule has 0 aliphatic carbocycles. The molecule has 0 amide bonds. The average molecular weight is 263 g/mol. The topological polar surface area (TPSA) is 105 Å². The van der Waals surface area contributed by atoms with Gasteiger partial charge in [0.25, 0.3) is 0 Å². The summed E-state index contributed by atoms with van der Waals surface area (Å²) in [6.45, 7) is 5.32. The van der Waals surface area contributed by atoms with Crippen LogP contribution in [0.25, 0.3) is 11.2 Å². The van der Waals surface area contributed by atoms with Crippen molar-refractivity contribution in [3.63, 3.8) is 0 Å². The molecule has 8 heteroatoms. The SMILES string of the molecule is Nc1nc(NCCN2CCOCC2)c2[nH]cnc2n1. The van der Waals surface area contributed by atoms with Crippen LogP contribution in [0.5, 0.6) is 0 Å². The van der Waals surface area contributed by atoms with Gasteiger partial charge in [0.05, 0.1) is 19.5 Å². The Morgan fingerprint density at radius 1 is 1.37 bits per heavy atom. The monoisotopic (exact) mass is 263 g/mol. The lowest BCUT2D eigenvalue weighted by Crippen LogP contribution is -2.39. The van der Waals surface area contributed by atoms with Crippen molar-refractivity contribution in [3.8, 4) is 0 Å². The molecule has 8 nitrogen and oxygen atoms in total. The Hall–Kier alpha value is -1.93. The molecule has 1 aliphatic heterocycles. The average Bonchev–Trinajstić information content (AvgIpc) is 2.88. The van der Waals surface area contributed by atoms with Gasteiger partial charge in [0, 0.05) is 26.2 Å². The zero-order chi connectivity index (χ0) is 13.1. The van der Waals surface area contributed by atoms with Crippen molar-refractivity contribution in [3.05, 3.63) is 6.33 Å². The molecule has 2 aromatic heterocycles. The number of aromatic amines is 1. The van der Waals surface area contributed by atoms with Crippen LogP contribution in [0.2, 0.25) is 0 Å². The number of nitrogens with two attached hydrogens (primary N) is 1. The van der Waals surface area contributed by atoms with Crippen molar-refractivity contribution < 1.29 is 4.74 Å². The Bertz CT molecular complexity index is 549. The van der Waals surface area contributed by atoms with Gasteiger partial charge in [0.1, 0.15) is 5.52 Å². The number of ether oxygens (including phenoxy) is 1. The minimum absolute atomic E-state index is 0.230. The van der Waals surface area contributed by atoms with Gasteiger partial charge in [-0.15, -0.1) is 0 Å². The number of anilines is 2. The second kappa shape index (κ2) is 5.37. The molecule has 4 N–H and O–H groups in total. The third kappa shape index (κ3) is 2.74. The molecule has 0 bridgehead atoms. The van der Waals surface area contributed by atoms with Crippen LogP contribution in [0.3, 0.4) is 0 Å². The van der Waals surface area contributed by atoms with Gasteiger partial charge in [-0.1, -0.05) is 0 Å². The fraction of sp³-hybridized carbons (Fsp3) is 0.545. The minimum Gasteiger partial charge on any atom is -0.379 e. The molecule has 3 heterocycles. The molecule has 0 atom stereocenters. The lowest BCUT2D eigenvalue weighted by molar-refractivity contribution is 0.0398. The number of imidazole rings is 1. The fourth-order valence-electron chi connectivity index (χ4n) is 2.14. The van der Waals surface area contributed by atoms with E-state index in [9.17, 15) is 0 Å². The second-order valence-electron chi connectivity index (χ2n) is 4.41. The quantitative estimate of drug-likeness (QED) is 0.694. The summed E-state index contributed by atoms with van der Waals surface area (Å²) in [5, 5.41) is 3.28. The van der Waals surface area contributed by atoms with Gasteiger partial charge in [-0.05, 0) is 0 Å². The number of rotatable bonds is 4. The van der Waals surface area contributed by atoms with Crippen LogP contribution in [0.15, 0.2) is 6.33 Å². The number of hydrogen-bond donors (Lipinski definition) is 3. The number of nitrogens with one attached hydrogen (secondary N) is 2. The van der Waals surface area contributed by atoms with E-state index in [1.54, 1.807) is 6.33 Å². The van der Waals surface area contributed by atoms with Crippen molar-refractivity contribution in [1.82, 2.24) is 24.8 Å². The van der Waals surface area contributed by atoms with Gasteiger partial charge in [-0.2, -0.15) is 9.97 Å². The van der Waals surface area contributed by atoms with Crippen molar-refractivity contribution in [2.75, 3.05) is 50.4 Å². The molecule has 1 fully saturated rings. The molecular weight excluding hydrogens is 246 g/mol. The van der Waals surface area contributed by atoms with Crippen molar-refractivity contribution >= 4 is 22.9 Å². The maximum atomic E-state index is 5.66. The molecule has 0 radical (unpaired) electrons. The van der Waals surface area contributed by atoms with E-state index < -0.39 is 0 Å². The Morgan fingerprint density at radius 2 is 2.21 bits per heavy atom. The molecular formula is C11H17N7O. The lowest BCUT2D eigenvalue weighted by atomic mass is 10.4. The number of nitrogens with zero attached hydrogens (tertiary/aromatic N) is 4. The number of hydrogen-bond acceptors (Lipinski definition) is 7. The highest BCUT2D eigenvalue weighted by Crippen LogP contribution is 2.16. The molecule has 0 aromatic carbocycles. The first-order chi connectivity index (χ1) is 9.33. The van der Waals surface area contributed by atoms with Crippen LogP contribution in [0, 0.1) is 0 Å². The van der Waals surface area contributed by atoms with Crippen molar-refractivity contribution in [2.24, 2.45) is 0 Å². The zero-order valence-corrected chi connectivity index (χ0v) is 10.6. The maximum Gasteiger partial charge on any atom is 0.224 e. The first kappa shape index (κ1) is 12.1. The largest absolute Gasteiger partial charge is 0.379 e. The Kier molecular flexibility index (Phi) is 3.43. The van der Waals surface area contributed by atoms with Gasteiger partial charge in [-0.25, -0.2) is 4.98 Å². The van der Waals surface area contributed by atoms with Gasteiger partial charge < -0.3 is 20.8 Å². The molecule has 0 spiro atoms. The number of morpholine rings is 1. The Morgan fingerprint density at radius 3 is 3.05 bits per heavy atom. The number of fused-ring (bicyclic) bond motifs is 1. The van der Waals surface area contributed by atoms with Crippen LogP contribution < -0.4 is 11.1 Å². The minimum atomic E-state index is 0.230. The summed E-state index contributed by atoms with van der Waals surface area (Å²) in [4.78, 5) is 17.7. The summed E-state index contributed by atoms with van der Waals surface area (Å²) in [6, 6.07) is 0. The van der Waals surface area contributed by atoms with E-state index in [2.05, 4.69) is 30.2 Å². The third-order valence-electron chi connectivity index (χ3n) is 3.13. The van der Waals surface area contributed by atoms with Crippen LogP contribution >= 0.6 is 0 Å². The van der Waals surface area contributed by atoms with Crippen molar-refractivity contribution in [2.45, 2.75) is 0 Å². The molecule has 2 aromatic rings. The smallest absolute Gasteiger partial charge is 0.224 e. The first-order valence-corrected chi connectivity index (χ1v) is 6.33. The van der Waals surface area contributed by atoms with Crippen LogP contribution in [-0.4, -0.2) is 64.2 Å². The fourth-order valence-corrected chi connectivity index (χ4v) is 2.14. The zero-order valence-electron chi connectivity index (χ0n) is 10.6. The van der Waals surface area contributed by atoms with Gasteiger partial charge in [-0.3, -0.25) is 4.90 Å². The Balaban J connectivity index is 1.63. The van der Waals surface area contributed by atoms with E-state index in [-0.39, 0.29) is 5.95 Å². The highest BCUT2D eigenvalue weighted by molar-refractivity contribution is 5.83. The van der Waals surface area contributed by atoms with Gasteiger partial charge in [0.2, 0.25) is 5.95 Å². The number of aromatic nitrogens is 4. The predicted molar refractivity (Wildman–Crippen MR) is 71.8 cm³/mol. The van der Waals surface area contributed by atoms with Crippen LogP contribution in [0.4, 0.5) is 11.8 Å². The molecule has 1 saturated heterocycles.